The minimum atomic E-state index is -0.371. The van der Waals surface area contributed by atoms with Gasteiger partial charge in [0.15, 0.2) is 4.67 Å². The van der Waals surface area contributed by atoms with E-state index >= 15 is 0 Å². The number of nitrogens with zero attached hydrogens (tertiary/aromatic N) is 5. The van der Waals surface area contributed by atoms with Gasteiger partial charge in [0.05, 0.1) is 6.21 Å². The van der Waals surface area contributed by atoms with E-state index in [9.17, 15) is 4.79 Å². The first-order chi connectivity index (χ1) is 11.2. The van der Waals surface area contributed by atoms with Crippen molar-refractivity contribution in [1.82, 2.24) is 25.6 Å². The molecule has 1 aromatic carbocycles. The summed E-state index contributed by atoms with van der Waals surface area (Å²) in [6.07, 6.45) is 1.40. The number of rotatable bonds is 5. The highest BCUT2D eigenvalue weighted by Crippen LogP contribution is 2.12. The fraction of sp³-hybridized carbons (Fsp3) is 0.0714. The van der Waals surface area contributed by atoms with E-state index in [1.54, 1.807) is 12.1 Å². The lowest BCUT2D eigenvalue weighted by molar-refractivity contribution is -0.122. The van der Waals surface area contributed by atoms with Gasteiger partial charge >= 0.3 is 0 Å². The van der Waals surface area contributed by atoms with Gasteiger partial charge in [0, 0.05) is 5.56 Å². The van der Waals surface area contributed by atoms with Gasteiger partial charge < -0.3 is 4.42 Å². The molecule has 0 fully saturated rings. The van der Waals surface area contributed by atoms with Crippen LogP contribution in [0.5, 0.6) is 0 Å². The van der Waals surface area contributed by atoms with Gasteiger partial charge in [-0.3, -0.25) is 4.79 Å². The fourth-order valence-electron chi connectivity index (χ4n) is 1.74. The molecule has 0 aliphatic heterocycles. The van der Waals surface area contributed by atoms with Gasteiger partial charge in [-0.15, -0.1) is 10.2 Å². The number of furan rings is 1. The summed E-state index contributed by atoms with van der Waals surface area (Å²) in [7, 11) is 0. The second kappa shape index (κ2) is 6.97. The number of tetrazole rings is 1. The van der Waals surface area contributed by atoms with E-state index in [0.29, 0.717) is 16.3 Å². The maximum atomic E-state index is 11.8. The van der Waals surface area contributed by atoms with Crippen molar-refractivity contribution >= 4 is 28.1 Å². The number of hydrogen-bond acceptors (Lipinski definition) is 6. The van der Waals surface area contributed by atoms with Crippen LogP contribution in [0.2, 0.25) is 0 Å². The van der Waals surface area contributed by atoms with Crippen molar-refractivity contribution in [2.75, 3.05) is 0 Å². The van der Waals surface area contributed by atoms with Gasteiger partial charge in [-0.2, -0.15) is 9.90 Å². The predicted octanol–water partition coefficient (Wildman–Crippen LogP) is 1.85. The van der Waals surface area contributed by atoms with E-state index < -0.39 is 0 Å². The Morgan fingerprint density at radius 3 is 2.87 bits per heavy atom. The highest BCUT2D eigenvalue weighted by Gasteiger charge is 2.08. The summed E-state index contributed by atoms with van der Waals surface area (Å²) in [4.78, 5) is 13.0. The molecule has 0 spiro atoms. The molecule has 1 amide bonds. The molecule has 2 aromatic heterocycles. The molecule has 2 heterocycles. The Morgan fingerprint density at radius 2 is 2.13 bits per heavy atom. The zero-order chi connectivity index (χ0) is 16.1. The monoisotopic (exact) mass is 374 g/mol. The van der Waals surface area contributed by atoms with Crippen molar-refractivity contribution in [3.63, 3.8) is 0 Å². The largest absolute Gasteiger partial charge is 0.448 e. The van der Waals surface area contributed by atoms with Crippen LogP contribution in [0.3, 0.4) is 0 Å². The third-order valence-corrected chi connectivity index (χ3v) is 3.17. The van der Waals surface area contributed by atoms with E-state index in [1.165, 1.54) is 11.0 Å². The average Bonchev–Trinajstić information content (AvgIpc) is 3.17. The number of benzene rings is 1. The maximum Gasteiger partial charge on any atom is 0.263 e. The smallest absolute Gasteiger partial charge is 0.263 e. The van der Waals surface area contributed by atoms with Crippen molar-refractivity contribution in [1.29, 1.82) is 0 Å². The SMILES string of the molecule is O=C(Cn1nnc(-c2ccccc2)n1)N/N=C\c1ccc(Br)o1. The number of halogens is 1. The first-order valence-corrected chi connectivity index (χ1v) is 7.40. The van der Waals surface area contributed by atoms with Gasteiger partial charge in [-0.1, -0.05) is 30.3 Å². The number of hydrogen-bond donors (Lipinski definition) is 1. The summed E-state index contributed by atoms with van der Waals surface area (Å²) in [5.41, 5.74) is 3.20. The molecule has 8 nitrogen and oxygen atoms in total. The Balaban J connectivity index is 1.56. The van der Waals surface area contributed by atoms with Crippen LogP contribution in [0.1, 0.15) is 5.76 Å². The average molecular weight is 375 g/mol. The van der Waals surface area contributed by atoms with E-state index in [0.717, 1.165) is 5.56 Å². The van der Waals surface area contributed by atoms with Crippen LogP contribution < -0.4 is 5.43 Å². The Bertz CT molecular complexity index is 827. The van der Waals surface area contributed by atoms with Crippen molar-refractivity contribution in [3.05, 3.63) is 52.9 Å². The first kappa shape index (κ1) is 15.1. The van der Waals surface area contributed by atoms with Crippen LogP contribution in [0.4, 0.5) is 0 Å². The van der Waals surface area contributed by atoms with Crippen molar-refractivity contribution in [2.24, 2.45) is 5.10 Å². The minimum absolute atomic E-state index is 0.0843. The third-order valence-electron chi connectivity index (χ3n) is 2.74. The molecule has 9 heteroatoms. The molecule has 0 aliphatic carbocycles. The van der Waals surface area contributed by atoms with Gasteiger partial charge in [0.1, 0.15) is 12.3 Å². The molecule has 3 aromatic rings. The number of hydrazone groups is 1. The Kier molecular flexibility index (Phi) is 4.57. The zero-order valence-corrected chi connectivity index (χ0v) is 13.3. The molecular weight excluding hydrogens is 364 g/mol. The van der Waals surface area contributed by atoms with Crippen LogP contribution in [0.15, 0.2) is 56.7 Å². The highest BCUT2D eigenvalue weighted by molar-refractivity contribution is 9.10. The van der Waals surface area contributed by atoms with Crippen LogP contribution in [-0.2, 0) is 11.3 Å². The number of carbonyl (C=O) groups excluding carboxylic acids is 1. The molecular formula is C14H11BrN6O2. The van der Waals surface area contributed by atoms with Gasteiger partial charge in [-0.25, -0.2) is 5.43 Å². The molecule has 23 heavy (non-hydrogen) atoms. The summed E-state index contributed by atoms with van der Waals surface area (Å²) in [6, 6.07) is 12.8. The Labute approximate surface area is 139 Å². The zero-order valence-electron chi connectivity index (χ0n) is 11.8. The van der Waals surface area contributed by atoms with E-state index in [1.807, 2.05) is 30.3 Å². The fourth-order valence-corrected chi connectivity index (χ4v) is 2.06. The number of aromatic nitrogens is 4. The topological polar surface area (TPSA) is 98.2 Å². The Morgan fingerprint density at radius 1 is 1.30 bits per heavy atom. The van der Waals surface area contributed by atoms with Crippen molar-refractivity contribution < 1.29 is 9.21 Å². The number of nitrogens with one attached hydrogen (secondary N) is 1. The second-order valence-electron chi connectivity index (χ2n) is 4.44. The summed E-state index contributed by atoms with van der Waals surface area (Å²) in [5, 5.41) is 15.7. The third kappa shape index (κ3) is 4.10. The van der Waals surface area contributed by atoms with Crippen molar-refractivity contribution in [3.8, 4) is 11.4 Å². The van der Waals surface area contributed by atoms with Crippen LogP contribution in [-0.4, -0.2) is 32.3 Å². The van der Waals surface area contributed by atoms with E-state index in [-0.39, 0.29) is 12.5 Å². The van der Waals surface area contributed by atoms with Crippen LogP contribution >= 0.6 is 15.9 Å². The Hall–Kier alpha value is -2.81. The minimum Gasteiger partial charge on any atom is -0.448 e. The molecule has 0 atom stereocenters. The highest BCUT2D eigenvalue weighted by atomic mass is 79.9. The molecule has 1 N–H and O–H groups in total. The molecule has 0 saturated heterocycles. The lowest BCUT2D eigenvalue weighted by Crippen LogP contribution is -2.24. The number of amides is 1. The molecule has 0 saturated carbocycles. The molecule has 3 rings (SSSR count). The molecule has 0 aliphatic rings. The second-order valence-corrected chi connectivity index (χ2v) is 5.23. The van der Waals surface area contributed by atoms with E-state index in [2.05, 4.69) is 41.9 Å². The first-order valence-electron chi connectivity index (χ1n) is 6.61. The summed E-state index contributed by atoms with van der Waals surface area (Å²) >= 11 is 3.18. The summed E-state index contributed by atoms with van der Waals surface area (Å²) in [5.74, 6) is 0.605. The standard InChI is InChI=1S/C14H11BrN6O2/c15-12-7-6-11(23-12)8-16-17-13(22)9-21-19-14(18-20-21)10-4-2-1-3-5-10/h1-8H,9H2,(H,17,22)/b16-8-. The predicted molar refractivity (Wildman–Crippen MR) is 85.4 cm³/mol. The molecule has 0 radical (unpaired) electrons. The lowest BCUT2D eigenvalue weighted by Gasteiger charge is -1.97. The van der Waals surface area contributed by atoms with Crippen LogP contribution in [0, 0.1) is 0 Å². The van der Waals surface area contributed by atoms with Crippen molar-refractivity contribution in [2.45, 2.75) is 6.54 Å². The summed E-state index contributed by atoms with van der Waals surface area (Å²) < 4.78 is 5.80. The lowest BCUT2D eigenvalue weighted by atomic mass is 10.2. The van der Waals surface area contributed by atoms with Gasteiger partial charge in [0.2, 0.25) is 5.82 Å². The quantitative estimate of drug-likeness (QED) is 0.542. The normalized spacial score (nSPS) is 11.0. The maximum absolute atomic E-state index is 11.8. The van der Waals surface area contributed by atoms with Gasteiger partial charge in [0.25, 0.3) is 5.91 Å². The van der Waals surface area contributed by atoms with E-state index in [4.69, 9.17) is 4.42 Å². The molecule has 0 bridgehead atoms. The summed E-state index contributed by atoms with van der Waals surface area (Å²) in [6.45, 7) is -0.0843. The van der Waals surface area contributed by atoms with Gasteiger partial charge in [-0.05, 0) is 33.3 Å². The molecule has 116 valence electrons. The number of carbonyl (C=O) groups is 1. The van der Waals surface area contributed by atoms with Crippen LogP contribution in [0.25, 0.3) is 11.4 Å². The molecule has 0 unspecified atom stereocenters.